The van der Waals surface area contributed by atoms with Gasteiger partial charge < -0.3 is 13.9 Å². The summed E-state index contributed by atoms with van der Waals surface area (Å²) in [5.74, 6) is 0. The molecule has 3 heterocycles. The molecule has 58 heavy (non-hydrogen) atoms. The third-order valence-electron chi connectivity index (χ3n) is 11.6. The van der Waals surface area contributed by atoms with Gasteiger partial charge in [-0.1, -0.05) is 140 Å². The normalized spacial score (nSPS) is 11.8. The molecular weight excluding hydrogens is 725 g/mol. The zero-order valence-corrected chi connectivity index (χ0v) is 32.2. The molecule has 12 aromatic rings. The van der Waals surface area contributed by atoms with Crippen LogP contribution >= 0.6 is 11.3 Å². The first-order valence-electron chi connectivity index (χ1n) is 19.7. The number of nitrogens with zero attached hydrogens (tertiary/aromatic N) is 2. The minimum atomic E-state index is 0.908. The van der Waals surface area contributed by atoms with E-state index >= 15 is 0 Å². The van der Waals surface area contributed by atoms with Gasteiger partial charge in [-0.05, 0) is 83.4 Å². The summed E-state index contributed by atoms with van der Waals surface area (Å²) < 4.78 is 11.4. The Morgan fingerprint density at radius 3 is 1.86 bits per heavy atom. The second kappa shape index (κ2) is 13.1. The lowest BCUT2D eigenvalue weighted by molar-refractivity contribution is 0.670. The Labute approximate surface area is 338 Å². The van der Waals surface area contributed by atoms with E-state index in [4.69, 9.17) is 4.42 Å². The van der Waals surface area contributed by atoms with E-state index in [1.54, 1.807) is 0 Å². The predicted octanol–water partition coefficient (Wildman–Crippen LogP) is 15.9. The van der Waals surface area contributed by atoms with E-state index < -0.39 is 0 Å². The fraction of sp³-hybridized carbons (Fsp3) is 0. The summed E-state index contributed by atoms with van der Waals surface area (Å²) in [5, 5.41) is 7.31. The van der Waals surface area contributed by atoms with Crippen molar-refractivity contribution in [3.63, 3.8) is 0 Å². The second-order valence-corrected chi connectivity index (χ2v) is 15.9. The SMILES string of the molecule is c1ccc(N(c2ccc(-c3cccc4c3oc3ccccc34)cc2)c2ccc(-c3cccc(-n4c5ccccc5c5ccccc54)c3)c3sc4ccccc4c23)cc1. The summed E-state index contributed by atoms with van der Waals surface area (Å²) in [7, 11) is 0. The lowest BCUT2D eigenvalue weighted by Crippen LogP contribution is -2.10. The first-order chi connectivity index (χ1) is 28.8. The van der Waals surface area contributed by atoms with Crippen molar-refractivity contribution in [2.45, 2.75) is 0 Å². The summed E-state index contributed by atoms with van der Waals surface area (Å²) in [5.41, 5.74) is 13.4. The molecule has 0 amide bonds. The molecule has 3 aromatic heterocycles. The highest BCUT2D eigenvalue weighted by atomic mass is 32.1. The molecule has 0 saturated carbocycles. The molecule has 9 aromatic carbocycles. The molecule has 0 radical (unpaired) electrons. The van der Waals surface area contributed by atoms with Gasteiger partial charge in [0.25, 0.3) is 0 Å². The highest BCUT2D eigenvalue weighted by Gasteiger charge is 2.22. The fourth-order valence-corrected chi connectivity index (χ4v) is 10.3. The van der Waals surface area contributed by atoms with Crippen LogP contribution in [0.3, 0.4) is 0 Å². The molecule has 0 bridgehead atoms. The first-order valence-corrected chi connectivity index (χ1v) is 20.5. The van der Waals surface area contributed by atoms with Gasteiger partial charge in [-0.3, -0.25) is 0 Å². The molecule has 4 heteroatoms. The van der Waals surface area contributed by atoms with Crippen molar-refractivity contribution in [3.05, 3.63) is 206 Å². The van der Waals surface area contributed by atoms with Gasteiger partial charge >= 0.3 is 0 Å². The molecule has 0 unspecified atom stereocenters. The number of furan rings is 1. The van der Waals surface area contributed by atoms with Crippen LogP contribution in [0, 0.1) is 0 Å². The van der Waals surface area contributed by atoms with Crippen LogP contribution in [0.15, 0.2) is 211 Å². The number of hydrogen-bond donors (Lipinski definition) is 0. The van der Waals surface area contributed by atoms with E-state index in [2.05, 4.69) is 204 Å². The van der Waals surface area contributed by atoms with Gasteiger partial charge in [0.15, 0.2) is 0 Å². The lowest BCUT2D eigenvalue weighted by atomic mass is 9.99. The quantitative estimate of drug-likeness (QED) is 0.168. The van der Waals surface area contributed by atoms with E-state index in [-0.39, 0.29) is 0 Å². The van der Waals surface area contributed by atoms with Crippen molar-refractivity contribution in [2.75, 3.05) is 4.90 Å². The van der Waals surface area contributed by atoms with Gasteiger partial charge in [0.2, 0.25) is 0 Å². The number of anilines is 3. The summed E-state index contributed by atoms with van der Waals surface area (Å²) in [4.78, 5) is 2.41. The Bertz CT molecular complexity index is 3460. The van der Waals surface area contributed by atoms with Gasteiger partial charge in [-0.15, -0.1) is 11.3 Å². The zero-order valence-electron chi connectivity index (χ0n) is 31.3. The fourth-order valence-electron chi connectivity index (χ4n) is 9.01. The van der Waals surface area contributed by atoms with Gasteiger partial charge in [0, 0.05) is 64.3 Å². The van der Waals surface area contributed by atoms with Crippen LogP contribution in [-0.2, 0) is 0 Å². The minimum Gasteiger partial charge on any atom is -0.455 e. The monoisotopic (exact) mass is 758 g/mol. The maximum Gasteiger partial charge on any atom is 0.143 e. The maximum absolute atomic E-state index is 6.44. The average molecular weight is 759 g/mol. The summed E-state index contributed by atoms with van der Waals surface area (Å²) >= 11 is 1.87. The Morgan fingerprint density at radius 1 is 0.431 bits per heavy atom. The molecule has 0 atom stereocenters. The van der Waals surface area contributed by atoms with Crippen molar-refractivity contribution < 1.29 is 4.42 Å². The highest BCUT2D eigenvalue weighted by Crippen LogP contribution is 2.49. The largest absolute Gasteiger partial charge is 0.455 e. The molecule has 0 aliphatic carbocycles. The number of aromatic nitrogens is 1. The first kappa shape index (κ1) is 32.8. The Kier molecular flexibility index (Phi) is 7.40. The molecule has 0 fully saturated rings. The molecule has 0 N–H and O–H groups in total. The summed E-state index contributed by atoms with van der Waals surface area (Å²) in [6, 6.07) is 74.3. The van der Waals surface area contributed by atoms with Crippen molar-refractivity contribution in [1.29, 1.82) is 0 Å². The third-order valence-corrected chi connectivity index (χ3v) is 12.8. The van der Waals surface area contributed by atoms with Crippen molar-refractivity contribution >= 4 is 92.3 Å². The van der Waals surface area contributed by atoms with Gasteiger partial charge in [0.1, 0.15) is 11.2 Å². The lowest BCUT2D eigenvalue weighted by Gasteiger charge is -2.27. The molecule has 0 aliphatic rings. The number of fused-ring (bicyclic) bond motifs is 9. The van der Waals surface area contributed by atoms with Crippen molar-refractivity contribution in [2.24, 2.45) is 0 Å². The molecule has 3 nitrogen and oxygen atoms in total. The number of para-hydroxylation sites is 5. The minimum absolute atomic E-state index is 0.908. The van der Waals surface area contributed by atoms with Crippen LogP contribution in [0.5, 0.6) is 0 Å². The molecular formula is C54H34N2OS. The van der Waals surface area contributed by atoms with Crippen molar-refractivity contribution in [3.8, 4) is 27.9 Å². The summed E-state index contributed by atoms with van der Waals surface area (Å²) in [6.07, 6.45) is 0. The molecule has 0 aliphatic heterocycles. The topological polar surface area (TPSA) is 21.3 Å². The Balaban J connectivity index is 1.03. The predicted molar refractivity (Wildman–Crippen MR) is 247 cm³/mol. The molecule has 12 rings (SSSR count). The van der Waals surface area contributed by atoms with Crippen LogP contribution in [0.4, 0.5) is 17.1 Å². The van der Waals surface area contributed by atoms with E-state index in [0.29, 0.717) is 0 Å². The van der Waals surface area contributed by atoms with E-state index in [0.717, 1.165) is 55.8 Å². The van der Waals surface area contributed by atoms with Crippen molar-refractivity contribution in [1.82, 2.24) is 4.57 Å². The van der Waals surface area contributed by atoms with E-state index in [9.17, 15) is 0 Å². The smallest absolute Gasteiger partial charge is 0.143 e. The molecule has 272 valence electrons. The van der Waals surface area contributed by atoms with Crippen LogP contribution < -0.4 is 4.90 Å². The Morgan fingerprint density at radius 2 is 1.07 bits per heavy atom. The maximum atomic E-state index is 6.44. The molecule has 0 spiro atoms. The van der Waals surface area contributed by atoms with E-state index in [1.165, 1.54) is 53.1 Å². The average Bonchev–Trinajstić information content (AvgIpc) is 3.98. The Hall–Kier alpha value is -7.40. The van der Waals surface area contributed by atoms with E-state index in [1.807, 2.05) is 23.5 Å². The van der Waals surface area contributed by atoms with Crippen LogP contribution in [0.25, 0.3) is 91.9 Å². The molecule has 0 saturated heterocycles. The number of thiophene rings is 1. The van der Waals surface area contributed by atoms with Gasteiger partial charge in [0.05, 0.1) is 16.7 Å². The van der Waals surface area contributed by atoms with Crippen LogP contribution in [-0.4, -0.2) is 4.57 Å². The van der Waals surface area contributed by atoms with Crippen LogP contribution in [0.1, 0.15) is 0 Å². The second-order valence-electron chi connectivity index (χ2n) is 14.9. The van der Waals surface area contributed by atoms with Gasteiger partial charge in [-0.2, -0.15) is 0 Å². The summed E-state index contributed by atoms with van der Waals surface area (Å²) in [6.45, 7) is 0. The zero-order chi connectivity index (χ0) is 38.2. The number of benzene rings is 9. The van der Waals surface area contributed by atoms with Gasteiger partial charge in [-0.25, -0.2) is 0 Å². The third kappa shape index (κ3) is 5.05. The highest BCUT2D eigenvalue weighted by molar-refractivity contribution is 7.26. The standard InChI is InChI=1S/C54H34N2OS/c1-2-15-37(16-3-1)55(38-30-28-35(29-31-38)40-22-13-23-45-44-20-6-10-26-50(44)57-53(40)45)49-33-32-41(54-52(49)46-21-7-11-27-51(46)58-54)36-14-12-17-39(34-36)56-47-24-8-4-18-42(47)43-19-5-9-25-48(43)56/h1-34H. The van der Waals surface area contributed by atoms with Crippen LogP contribution in [0.2, 0.25) is 0 Å². The number of rotatable bonds is 6. The number of hydrogen-bond acceptors (Lipinski definition) is 3.